The maximum Gasteiger partial charge on any atom is 0.296 e. The lowest BCUT2D eigenvalue weighted by atomic mass is 9.98. The number of anilines is 1. The Morgan fingerprint density at radius 2 is 1.55 bits per heavy atom. The highest BCUT2D eigenvalue weighted by molar-refractivity contribution is 7.90. The zero-order chi connectivity index (χ0) is 28.3. The van der Waals surface area contributed by atoms with E-state index in [1.807, 2.05) is 12.1 Å². The van der Waals surface area contributed by atoms with Crippen molar-refractivity contribution >= 4 is 32.6 Å². The molecular formula is C31H47N3O5S. The fraction of sp³-hybridized carbons (Fsp3) is 0.516. The number of nitrogens with zero attached hydrogens (tertiary/aromatic N) is 1. The van der Waals surface area contributed by atoms with E-state index < -0.39 is 10.2 Å². The molecule has 1 heterocycles. The summed E-state index contributed by atoms with van der Waals surface area (Å²) in [7, 11) is -3.95. The van der Waals surface area contributed by atoms with Crippen molar-refractivity contribution in [3.05, 3.63) is 59.4 Å². The summed E-state index contributed by atoms with van der Waals surface area (Å²) in [6, 6.07) is 12.0. The van der Waals surface area contributed by atoms with Gasteiger partial charge in [-0.2, -0.15) is 8.42 Å². The molecule has 0 spiro atoms. The van der Waals surface area contributed by atoms with Crippen LogP contribution in [0.1, 0.15) is 94.8 Å². The zero-order valence-corrected chi connectivity index (χ0v) is 24.3. The number of carbonyl (C=O) groups excluding carboxylic acids is 1. The van der Waals surface area contributed by atoms with Crippen molar-refractivity contribution < 1.29 is 22.4 Å². The molecule has 3 N–H and O–H groups in total. The van der Waals surface area contributed by atoms with Gasteiger partial charge in [-0.05, 0) is 81.2 Å². The Labute approximate surface area is 240 Å². The second-order valence-corrected chi connectivity index (χ2v) is 11.3. The van der Waals surface area contributed by atoms with Crippen molar-refractivity contribution in [1.29, 1.82) is 0 Å². The molecule has 0 fully saturated rings. The summed E-state index contributed by atoms with van der Waals surface area (Å²) < 4.78 is 37.3. The van der Waals surface area contributed by atoms with Gasteiger partial charge in [0, 0.05) is 23.9 Å². The van der Waals surface area contributed by atoms with Gasteiger partial charge in [-0.3, -0.25) is 9.52 Å². The maximum atomic E-state index is 13.7. The topological polar surface area (TPSA) is 115 Å². The van der Waals surface area contributed by atoms with Gasteiger partial charge < -0.3 is 14.1 Å². The van der Waals surface area contributed by atoms with Gasteiger partial charge in [-0.25, -0.2) is 5.14 Å². The summed E-state index contributed by atoms with van der Waals surface area (Å²) in [4.78, 5) is 16.2. The minimum Gasteiger partial charge on any atom is -0.494 e. The van der Waals surface area contributed by atoms with Gasteiger partial charge in [0.2, 0.25) is 0 Å². The fourth-order valence-electron chi connectivity index (χ4n) is 4.56. The van der Waals surface area contributed by atoms with Crippen LogP contribution in [-0.4, -0.2) is 45.3 Å². The SMILES string of the molecule is C.CCCCc1oc2ccc(NS(N)(=O)=O)cc2c1C(=O)c1ccc(OCCCN(CCCC)CCCC)cc1. The van der Waals surface area contributed by atoms with Gasteiger partial charge in [-0.15, -0.1) is 0 Å². The Balaban J connectivity index is 0.00000560. The predicted octanol–water partition coefficient (Wildman–Crippen LogP) is 6.93. The fourth-order valence-corrected chi connectivity index (χ4v) is 5.02. The summed E-state index contributed by atoms with van der Waals surface area (Å²) in [5, 5.41) is 5.69. The molecule has 2 aromatic carbocycles. The van der Waals surface area contributed by atoms with Crippen LogP contribution < -0.4 is 14.6 Å². The number of benzene rings is 2. The van der Waals surface area contributed by atoms with E-state index in [0.717, 1.165) is 44.6 Å². The third-order valence-corrected chi connectivity index (χ3v) is 7.19. The van der Waals surface area contributed by atoms with Crippen LogP contribution in [-0.2, 0) is 16.6 Å². The molecule has 8 nitrogen and oxygen atoms in total. The Kier molecular flexibility index (Phi) is 13.7. The van der Waals surface area contributed by atoms with Crippen LogP contribution in [0.15, 0.2) is 46.9 Å². The van der Waals surface area contributed by atoms with Crippen molar-refractivity contribution in [1.82, 2.24) is 4.90 Å². The van der Waals surface area contributed by atoms with Crippen molar-refractivity contribution in [3.8, 4) is 5.75 Å². The molecule has 0 bridgehead atoms. The van der Waals surface area contributed by atoms with Gasteiger partial charge in [-0.1, -0.05) is 47.5 Å². The van der Waals surface area contributed by atoms with Crippen LogP contribution in [0.2, 0.25) is 0 Å². The lowest BCUT2D eigenvalue weighted by Gasteiger charge is -2.21. The van der Waals surface area contributed by atoms with Crippen LogP contribution in [0, 0.1) is 0 Å². The normalized spacial score (nSPS) is 11.5. The first kappa shape index (κ1) is 33.3. The van der Waals surface area contributed by atoms with Gasteiger partial charge in [0.05, 0.1) is 17.9 Å². The van der Waals surface area contributed by atoms with Gasteiger partial charge in [0.1, 0.15) is 17.1 Å². The number of hydrogen-bond acceptors (Lipinski definition) is 6. The van der Waals surface area contributed by atoms with Crippen LogP contribution in [0.4, 0.5) is 5.69 Å². The zero-order valence-electron chi connectivity index (χ0n) is 23.5. The lowest BCUT2D eigenvalue weighted by molar-refractivity contribution is 0.103. The standard InChI is InChI=1S/C30H43N3O5S.CH4/c1-4-7-11-28-29(26-22-24(32-39(31,35)36)14-17-27(26)38-28)30(34)23-12-15-25(16-13-23)37-21-10-20-33(18-8-5-2)19-9-6-3;/h12-17,22,32H,4-11,18-21H2,1-3H3,(H2,31,35,36);1H4. The number of nitrogens with two attached hydrogens (primary N) is 1. The molecule has 40 heavy (non-hydrogen) atoms. The Morgan fingerprint density at radius 1 is 0.925 bits per heavy atom. The van der Waals surface area contributed by atoms with Gasteiger partial charge in [0.15, 0.2) is 5.78 Å². The smallest absolute Gasteiger partial charge is 0.296 e. The number of furan rings is 1. The molecule has 3 aromatic rings. The highest BCUT2D eigenvalue weighted by Crippen LogP contribution is 2.32. The maximum absolute atomic E-state index is 13.7. The number of rotatable bonds is 18. The number of unbranched alkanes of at least 4 members (excludes halogenated alkanes) is 3. The van der Waals surface area contributed by atoms with E-state index in [1.54, 1.807) is 30.3 Å². The number of hydrogen-bond donors (Lipinski definition) is 2. The molecule has 0 unspecified atom stereocenters. The predicted molar refractivity (Wildman–Crippen MR) is 165 cm³/mol. The van der Waals surface area contributed by atoms with E-state index in [2.05, 4.69) is 30.4 Å². The first-order valence-corrected chi connectivity index (χ1v) is 15.7. The quantitative estimate of drug-likeness (QED) is 0.126. The molecule has 3 rings (SSSR count). The summed E-state index contributed by atoms with van der Waals surface area (Å²) in [6.45, 7) is 10.4. The third-order valence-electron chi connectivity index (χ3n) is 6.67. The van der Waals surface area contributed by atoms with Crippen molar-refractivity contribution in [2.75, 3.05) is 31.0 Å². The van der Waals surface area contributed by atoms with E-state index in [1.165, 1.54) is 25.7 Å². The third kappa shape index (κ3) is 9.94. The number of ether oxygens (including phenoxy) is 1. The summed E-state index contributed by atoms with van der Waals surface area (Å²) in [6.07, 6.45) is 8.21. The molecule has 222 valence electrons. The van der Waals surface area contributed by atoms with E-state index in [9.17, 15) is 13.2 Å². The second-order valence-electron chi connectivity index (χ2n) is 9.97. The van der Waals surface area contributed by atoms with Crippen LogP contribution in [0.3, 0.4) is 0 Å². The molecule has 0 saturated carbocycles. The molecule has 0 atom stereocenters. The highest BCUT2D eigenvalue weighted by atomic mass is 32.2. The molecule has 1 aromatic heterocycles. The average molecular weight is 574 g/mol. The molecule has 0 amide bonds. The highest BCUT2D eigenvalue weighted by Gasteiger charge is 2.22. The molecule has 0 aliphatic carbocycles. The van der Waals surface area contributed by atoms with Gasteiger partial charge >= 0.3 is 0 Å². The molecule has 0 aliphatic heterocycles. The Bertz CT molecular complexity index is 1290. The number of ketones is 1. The number of aryl methyl sites for hydroxylation is 1. The summed E-state index contributed by atoms with van der Waals surface area (Å²) in [5.41, 5.74) is 1.76. The summed E-state index contributed by atoms with van der Waals surface area (Å²) in [5.74, 6) is 1.14. The molecule has 0 saturated heterocycles. The first-order chi connectivity index (χ1) is 18.8. The number of nitrogens with one attached hydrogen (secondary N) is 1. The van der Waals surface area contributed by atoms with Crippen LogP contribution >= 0.6 is 0 Å². The number of carbonyl (C=O) groups is 1. The van der Waals surface area contributed by atoms with Crippen molar-refractivity contribution in [3.63, 3.8) is 0 Å². The van der Waals surface area contributed by atoms with Crippen LogP contribution in [0.25, 0.3) is 11.0 Å². The van der Waals surface area contributed by atoms with Crippen molar-refractivity contribution in [2.45, 2.75) is 79.6 Å². The minimum atomic E-state index is -3.95. The Hall–Kier alpha value is -2.88. The largest absolute Gasteiger partial charge is 0.494 e. The van der Waals surface area contributed by atoms with Gasteiger partial charge in [0.25, 0.3) is 10.2 Å². The van der Waals surface area contributed by atoms with Crippen molar-refractivity contribution in [2.24, 2.45) is 5.14 Å². The molecule has 0 radical (unpaired) electrons. The van der Waals surface area contributed by atoms with E-state index in [4.69, 9.17) is 14.3 Å². The molecular weight excluding hydrogens is 526 g/mol. The Morgan fingerprint density at radius 3 is 2.15 bits per heavy atom. The monoisotopic (exact) mass is 573 g/mol. The van der Waals surface area contributed by atoms with E-state index in [0.29, 0.717) is 40.9 Å². The van der Waals surface area contributed by atoms with E-state index >= 15 is 0 Å². The molecule has 9 heteroatoms. The lowest BCUT2D eigenvalue weighted by Crippen LogP contribution is -2.28. The summed E-state index contributed by atoms with van der Waals surface area (Å²) >= 11 is 0. The minimum absolute atomic E-state index is 0. The van der Waals surface area contributed by atoms with Crippen LogP contribution in [0.5, 0.6) is 5.75 Å². The molecule has 0 aliphatic rings. The average Bonchev–Trinajstić information content (AvgIpc) is 3.27. The second kappa shape index (κ2) is 16.4. The van der Waals surface area contributed by atoms with E-state index in [-0.39, 0.29) is 18.9 Å². The first-order valence-electron chi connectivity index (χ1n) is 14.1. The number of fused-ring (bicyclic) bond motifs is 1.